The molecule has 6 rings (SSSR count). The molecular weight excluding hydrogens is 652 g/mol. The first-order valence-electron chi connectivity index (χ1n) is 16.9. The van der Waals surface area contributed by atoms with Crippen LogP contribution in [-0.2, 0) is 33.0 Å². The summed E-state index contributed by atoms with van der Waals surface area (Å²) in [5, 5.41) is 12.6. The van der Waals surface area contributed by atoms with Crippen LogP contribution < -0.4 is 16.0 Å². The Hall–Kier alpha value is -4.84. The van der Waals surface area contributed by atoms with E-state index in [1.807, 2.05) is 73.7 Å². The number of nitrogens with one attached hydrogen (secondary N) is 1. The van der Waals surface area contributed by atoms with Crippen molar-refractivity contribution in [3.63, 3.8) is 0 Å². The van der Waals surface area contributed by atoms with Crippen LogP contribution in [-0.4, -0.2) is 55.4 Å². The summed E-state index contributed by atoms with van der Waals surface area (Å²) in [6, 6.07) is 30.8. The van der Waals surface area contributed by atoms with Gasteiger partial charge in [-0.25, -0.2) is 0 Å². The smallest absolute Gasteiger partial charge is 0.264 e. The summed E-state index contributed by atoms with van der Waals surface area (Å²) in [6.45, 7) is 5.53. The van der Waals surface area contributed by atoms with E-state index in [0.29, 0.717) is 34.7 Å². The number of benzene rings is 4. The van der Waals surface area contributed by atoms with Crippen LogP contribution in [0, 0.1) is 5.92 Å². The second-order valence-electron chi connectivity index (χ2n) is 13.7. The highest BCUT2D eigenvalue weighted by Gasteiger charge is 2.66. The first-order valence-corrected chi connectivity index (χ1v) is 19.8. The lowest BCUT2D eigenvalue weighted by Crippen LogP contribution is -2.45. The van der Waals surface area contributed by atoms with Gasteiger partial charge in [0.1, 0.15) is 0 Å². The second kappa shape index (κ2) is 14.2. The van der Waals surface area contributed by atoms with Crippen molar-refractivity contribution in [2.75, 3.05) is 29.1 Å². The summed E-state index contributed by atoms with van der Waals surface area (Å²) in [7, 11) is -3.49. The van der Waals surface area contributed by atoms with Crippen molar-refractivity contribution in [1.29, 1.82) is 0 Å². The number of hydrogen-bond donors (Lipinski definition) is 3. The number of anilines is 3. The van der Waals surface area contributed by atoms with Crippen molar-refractivity contribution in [2.24, 2.45) is 5.92 Å². The summed E-state index contributed by atoms with van der Waals surface area (Å²) in [5.41, 5.74) is 8.37. The maximum Gasteiger partial charge on any atom is 0.264 e. The zero-order valence-corrected chi connectivity index (χ0v) is 29.5. The van der Waals surface area contributed by atoms with Gasteiger partial charge in [-0.3, -0.25) is 14.4 Å². The largest absolute Gasteiger partial charge is 0.399 e. The lowest BCUT2D eigenvalue weighted by Gasteiger charge is -2.31. The average Bonchev–Trinajstić information content (AvgIpc) is 3.52. The molecule has 0 aliphatic carbocycles. The van der Waals surface area contributed by atoms with Gasteiger partial charge in [0.05, 0.1) is 31.4 Å². The van der Waals surface area contributed by atoms with Crippen LogP contribution in [0.4, 0.5) is 21.2 Å². The normalized spacial score (nSPS) is 21.3. The molecule has 4 aromatic rings. The molecule has 4 N–H and O–H groups in total. The Balaban J connectivity index is 1.24. The Morgan fingerprint density at radius 3 is 2.28 bits per heavy atom. The topological polar surface area (TPSA) is 125 Å². The molecule has 1 spiro atoms. The van der Waals surface area contributed by atoms with Crippen LogP contribution >= 0.6 is 0 Å². The van der Waals surface area contributed by atoms with Gasteiger partial charge in [-0.15, -0.1) is 0 Å². The molecule has 4 aromatic carbocycles. The molecule has 260 valence electrons. The van der Waals surface area contributed by atoms with Gasteiger partial charge in [0.25, 0.3) is 11.8 Å². The summed E-state index contributed by atoms with van der Waals surface area (Å²) >= 11 is 0. The number of amides is 3. The number of ether oxygens (including phenoxy) is 1. The molecule has 3 amide bonds. The van der Waals surface area contributed by atoms with Gasteiger partial charge in [-0.2, -0.15) is 0 Å². The zero-order valence-electron chi connectivity index (χ0n) is 28.5. The molecule has 1 saturated heterocycles. The van der Waals surface area contributed by atoms with E-state index in [9.17, 15) is 19.5 Å². The molecule has 50 heavy (non-hydrogen) atoms. The highest BCUT2D eigenvalue weighted by Crippen LogP contribution is 2.60. The van der Waals surface area contributed by atoms with Gasteiger partial charge in [0.15, 0.2) is 5.60 Å². The van der Waals surface area contributed by atoms with Gasteiger partial charge < -0.3 is 34.8 Å². The summed E-state index contributed by atoms with van der Waals surface area (Å²) in [5.74, 6) is -1.37. The number of carbonyl (C=O) groups excluding carboxylic acids is 3. The van der Waals surface area contributed by atoms with E-state index >= 15 is 4.11 Å². The number of nitrogen functional groups attached to an aromatic ring is 1. The second-order valence-corrected chi connectivity index (χ2v) is 17.5. The Labute approximate surface area is 293 Å². The summed E-state index contributed by atoms with van der Waals surface area (Å²) in [6.07, 6.45) is -0.940. The molecule has 0 radical (unpaired) electrons. The van der Waals surface area contributed by atoms with Crippen molar-refractivity contribution in [3.05, 3.63) is 125 Å². The number of nitrogens with two attached hydrogens (primary N) is 1. The maximum absolute atomic E-state index is 16.3. The monoisotopic (exact) mass is 694 g/mol. The minimum Gasteiger partial charge on any atom is -0.399 e. The van der Waals surface area contributed by atoms with Gasteiger partial charge in [0, 0.05) is 47.1 Å². The van der Waals surface area contributed by atoms with E-state index in [1.54, 1.807) is 59.3 Å². The first-order chi connectivity index (χ1) is 23.9. The number of carbonyl (C=O) groups is 3. The fourth-order valence-corrected chi connectivity index (χ4v) is 10.1. The van der Waals surface area contributed by atoms with E-state index < -0.39 is 31.6 Å². The molecule has 11 heteroatoms. The van der Waals surface area contributed by atoms with Crippen LogP contribution in [0.5, 0.6) is 0 Å². The third-order valence-corrected chi connectivity index (χ3v) is 12.4. The molecule has 0 unspecified atom stereocenters. The molecule has 0 saturated carbocycles. The van der Waals surface area contributed by atoms with Crippen molar-refractivity contribution in [1.82, 2.24) is 4.90 Å². The third-order valence-electron chi connectivity index (χ3n) is 9.91. The number of halogens is 1. The zero-order chi connectivity index (χ0) is 35.6. The van der Waals surface area contributed by atoms with Gasteiger partial charge in [-0.05, 0) is 66.7 Å². The Bertz CT molecular complexity index is 1850. The van der Waals surface area contributed by atoms with Gasteiger partial charge in [0.2, 0.25) is 14.3 Å². The highest BCUT2D eigenvalue weighted by atomic mass is 28.4. The fourth-order valence-electron chi connectivity index (χ4n) is 7.59. The molecule has 2 heterocycles. The maximum atomic E-state index is 16.3. The van der Waals surface area contributed by atoms with E-state index in [0.717, 1.165) is 11.1 Å². The number of rotatable bonds is 11. The number of aliphatic hydroxyl groups is 1. The van der Waals surface area contributed by atoms with Crippen LogP contribution in [0.15, 0.2) is 103 Å². The van der Waals surface area contributed by atoms with E-state index in [1.165, 1.54) is 0 Å². The number of fused-ring (bicyclic) bond motifs is 2. The third kappa shape index (κ3) is 6.81. The van der Waals surface area contributed by atoms with Crippen LogP contribution in [0.2, 0.25) is 18.6 Å². The first kappa shape index (κ1) is 35.0. The predicted molar refractivity (Wildman–Crippen MR) is 194 cm³/mol. The summed E-state index contributed by atoms with van der Waals surface area (Å²) < 4.78 is 23.1. The van der Waals surface area contributed by atoms with Crippen LogP contribution in [0.3, 0.4) is 0 Å². The molecule has 9 nitrogen and oxygen atoms in total. The van der Waals surface area contributed by atoms with Crippen molar-refractivity contribution < 1.29 is 28.3 Å². The van der Waals surface area contributed by atoms with E-state index in [2.05, 4.69) is 5.32 Å². The number of aliphatic hydroxyl groups excluding tert-OH is 1. The van der Waals surface area contributed by atoms with Crippen LogP contribution in [0.1, 0.15) is 40.4 Å². The molecular formula is C39H43FN4O5Si. The van der Waals surface area contributed by atoms with Crippen LogP contribution in [0.25, 0.3) is 0 Å². The minimum atomic E-state index is -3.49. The minimum absolute atomic E-state index is 0.108. The van der Waals surface area contributed by atoms with Gasteiger partial charge in [-0.1, -0.05) is 67.6 Å². The van der Waals surface area contributed by atoms with Crippen molar-refractivity contribution >= 4 is 43.2 Å². The van der Waals surface area contributed by atoms with E-state index in [-0.39, 0.29) is 43.8 Å². The van der Waals surface area contributed by atoms with E-state index in [4.69, 9.17) is 10.5 Å². The number of para-hydroxylation sites is 1. The van der Waals surface area contributed by atoms with Crippen molar-refractivity contribution in [3.8, 4) is 0 Å². The molecule has 1 fully saturated rings. The fraction of sp³-hybridized carbons (Fsp3) is 0.308. The predicted octanol–water partition coefficient (Wildman–Crippen LogP) is 6.25. The SMILES string of the molecule is C[C@@H]1[C@@H]([Si](C)(C)F)[C@H](CC(=O)N(CCO)Cc2ccccc2)O[C@@]12C(=O)N(Cc1ccc(NC(=O)c3ccc(N)cc3)cc1)c1ccccc12. The molecule has 4 atom stereocenters. The standard InChI is InChI=1S/C39H43FN4O5Si/c1-26-36(50(2,3)40)34(23-35(46)43(21-22-45)24-27-9-5-4-6-10-27)49-39(26)32-11-7-8-12-33(32)44(38(39)48)25-28-13-19-31(20-14-28)42-37(47)29-15-17-30(41)18-16-29/h4-20,26,34,36,45H,21-25,41H2,1-3H3,(H,42,47)/t26-,34+,36-,39+/m1/s1. The van der Waals surface area contributed by atoms with Crippen molar-refractivity contribution in [2.45, 2.75) is 56.8 Å². The highest BCUT2D eigenvalue weighted by molar-refractivity contribution is 6.72. The lowest BCUT2D eigenvalue weighted by atomic mass is 9.82. The number of hydrogen-bond acceptors (Lipinski definition) is 6. The lowest BCUT2D eigenvalue weighted by molar-refractivity contribution is -0.150. The number of nitrogens with zero attached hydrogens (tertiary/aromatic N) is 2. The Morgan fingerprint density at radius 1 is 0.960 bits per heavy atom. The molecule has 0 bridgehead atoms. The Morgan fingerprint density at radius 2 is 1.62 bits per heavy atom. The molecule has 0 aromatic heterocycles. The summed E-state index contributed by atoms with van der Waals surface area (Å²) in [4.78, 5) is 44.4. The molecule has 2 aliphatic rings. The van der Waals surface area contributed by atoms with Gasteiger partial charge >= 0.3 is 0 Å². The quantitative estimate of drug-likeness (QED) is 0.0969. The average molecular weight is 695 g/mol. The molecule has 2 aliphatic heterocycles. The Kier molecular flexibility index (Phi) is 9.93.